The van der Waals surface area contributed by atoms with Crippen LogP contribution in [0.5, 0.6) is 0 Å². The van der Waals surface area contributed by atoms with Gasteiger partial charge >= 0.3 is 33.8 Å². The second kappa shape index (κ2) is 54.0. The van der Waals surface area contributed by atoms with Crippen LogP contribution in [0.2, 0.25) is 6.04 Å². The lowest BCUT2D eigenvalue weighted by atomic mass is 10.1. The van der Waals surface area contributed by atoms with Crippen molar-refractivity contribution in [3.05, 3.63) is 70.8 Å². The lowest BCUT2D eigenvalue weighted by molar-refractivity contribution is -0.00100. The van der Waals surface area contributed by atoms with Crippen LogP contribution in [0.1, 0.15) is 43.0 Å². The van der Waals surface area contributed by atoms with Gasteiger partial charge < -0.3 is 38.1 Å². The van der Waals surface area contributed by atoms with Crippen molar-refractivity contribution in [1.29, 1.82) is 0 Å². The summed E-state index contributed by atoms with van der Waals surface area (Å²) in [6, 6.07) is 18.6. The molecule has 0 heterocycles. The van der Waals surface area contributed by atoms with Crippen LogP contribution < -0.4 is 24.8 Å². The zero-order valence-corrected chi connectivity index (χ0v) is 95.9. The monoisotopic (exact) mass is 1970 g/mol. The molecule has 712 valence electrons. The molecule has 0 aliphatic heterocycles. The van der Waals surface area contributed by atoms with Crippen molar-refractivity contribution in [2.75, 3.05) is 346 Å². The summed E-state index contributed by atoms with van der Waals surface area (Å²) >= 11 is 0. The molecule has 0 bridgehead atoms. The van der Waals surface area contributed by atoms with Crippen molar-refractivity contribution in [1.82, 2.24) is 112 Å². The van der Waals surface area contributed by atoms with Gasteiger partial charge in [-0.1, -0.05) is 69.3 Å². The summed E-state index contributed by atoms with van der Waals surface area (Å²) in [5.74, 6) is 0. The first kappa shape index (κ1) is 127. The first-order valence-corrected chi connectivity index (χ1v) is 57.3. The van der Waals surface area contributed by atoms with Gasteiger partial charge in [0.25, 0.3) is 0 Å². The maximum atomic E-state index is 8.40. The minimum absolute atomic E-state index is 0. The molecule has 0 radical (unpaired) electrons. The number of nitrogens with zero attached hydrogens (tertiary/aromatic N) is 32. The molecule has 0 spiro atoms. The number of hydrogen-bond donors (Lipinski definition) is 0. The third kappa shape index (κ3) is 28.8. The topological polar surface area (TPSA) is 238 Å². The van der Waals surface area contributed by atoms with E-state index in [2.05, 4.69) is 492 Å². The molecule has 2 aromatic rings. The van der Waals surface area contributed by atoms with E-state index in [4.69, 9.17) is 58.3 Å². The summed E-state index contributed by atoms with van der Waals surface area (Å²) in [6.45, 7) is 3.55. The second-order valence-electron chi connectivity index (χ2n) is 32.6. The molecule has 37 nitrogen and oxygen atoms in total. The Labute approximate surface area is 753 Å². The molecule has 2 rings (SSSR count). The van der Waals surface area contributed by atoms with Gasteiger partial charge in [-0.2, -0.15) is 0 Å². The van der Waals surface area contributed by atoms with Crippen molar-refractivity contribution in [3.8, 4) is 0 Å². The van der Waals surface area contributed by atoms with E-state index in [-0.39, 0.29) is 32.2 Å². The SMILES string of the molecule is C.CCCc1ccc(CN(C)P(=N[P+](N=P(N(C)C)(N(C)C)N(C)C)(N=P(N(C)C)(N(C)C)N(C)C)N=P(N(C)C)(N(C)C)N(C)C)(N(C)C)N(C)C)cc1.CO[Si](CCc1ccc(CN(C)P(=N[P+](N=P(N(C)C)(N(C)C)N(C)C)(N=P(N(C)C)(N(C)C)N(C)C)N=P(N(C)C)(N(C)C)N(C)C)(N(C)C)N(C)C)cc1)(OC)OC.O=[Si]=O.[Cl-].[Cl-]. The van der Waals surface area contributed by atoms with Crippen LogP contribution in [0.3, 0.4) is 0 Å². The van der Waals surface area contributed by atoms with Crippen LogP contribution in [0, 0.1) is 0 Å². The number of halogens is 2. The van der Waals surface area contributed by atoms with Gasteiger partial charge in [0, 0.05) is 40.5 Å². The van der Waals surface area contributed by atoms with Gasteiger partial charge in [-0.15, -0.1) is 0 Å². The Morgan fingerprint density at radius 3 is 0.533 bits per heavy atom. The fourth-order valence-corrected chi connectivity index (χ4v) is 65.5. The highest BCUT2D eigenvalue weighted by Gasteiger charge is 2.60. The number of hydrogen-bond acceptors (Lipinski definition) is 13. The fourth-order valence-electron chi connectivity index (χ4n) is 15.3. The van der Waals surface area contributed by atoms with Gasteiger partial charge in [0.15, 0.2) is 0 Å². The predicted octanol–water partition coefficient (Wildman–Crippen LogP) is 8.92. The van der Waals surface area contributed by atoms with Crippen LogP contribution in [-0.4, -0.2) is 476 Å². The predicted molar refractivity (Wildman–Crippen MR) is 529 cm³/mol. The molecular weight excluding hydrogens is 1790 g/mol. The zero-order valence-electron chi connectivity index (χ0n) is 83.4. The molecule has 0 N–H and O–H groups in total. The van der Waals surface area contributed by atoms with Crippen LogP contribution >= 0.6 is 75.8 Å². The summed E-state index contributed by atoms with van der Waals surface area (Å²) in [6.07, 6.45) is 2.99. The quantitative estimate of drug-likeness (QED) is 0.0444. The molecule has 0 aliphatic carbocycles. The van der Waals surface area contributed by atoms with Crippen molar-refractivity contribution < 1.29 is 47.0 Å². The highest BCUT2D eigenvalue weighted by molar-refractivity contribution is 7.89. The van der Waals surface area contributed by atoms with Crippen LogP contribution in [0.25, 0.3) is 0 Å². The first-order valence-electron chi connectivity index (χ1n) is 38.6. The molecule has 0 fully saturated rings. The Hall–Kier alpha value is 0.674. The maximum absolute atomic E-state index is 8.40. The minimum atomic E-state index is -3.61. The summed E-state index contributed by atoms with van der Waals surface area (Å²) < 4.78 is 138. The first-order chi connectivity index (χ1) is 53.5. The Kier molecular flexibility index (Phi) is 57.1. The molecule has 120 heavy (non-hydrogen) atoms. The molecule has 2 aromatic carbocycles. The molecule has 0 unspecified atom stereocenters. The number of aryl methyl sites for hydroxylation is 2. The van der Waals surface area contributed by atoms with Gasteiger partial charge in [0.2, 0.25) is 60.1 Å². The smallest absolute Gasteiger partial charge is 0.549 e. The molecule has 0 aliphatic rings. The Morgan fingerprint density at radius 1 is 0.267 bits per heavy atom. The van der Waals surface area contributed by atoms with Crippen molar-refractivity contribution in [3.63, 3.8) is 0 Å². The molecule has 0 saturated carbocycles. The molecule has 0 aromatic heterocycles. The van der Waals surface area contributed by atoms with E-state index >= 15 is 0 Å². The highest BCUT2D eigenvalue weighted by atomic mass is 35.5. The van der Waals surface area contributed by atoms with E-state index in [1.807, 2.05) is 0 Å². The number of rotatable bonds is 44. The molecule has 0 amide bonds. The molecule has 0 atom stereocenters. The normalized spacial score (nSPS) is 13.7. The summed E-state index contributed by atoms with van der Waals surface area (Å²) in [7, 11) is 69.7. The average molecular weight is 1970 g/mol. The fraction of sp³-hybridized carbons (Fsp3) is 0.826. The van der Waals surface area contributed by atoms with Gasteiger partial charge in [-0.3, -0.25) is 8.92 Å². The van der Waals surface area contributed by atoms with Crippen molar-refractivity contribution in [2.24, 2.45) is 36.1 Å². The Bertz CT molecular complexity index is 3470. The lowest BCUT2D eigenvalue weighted by Crippen LogP contribution is -3.00. The van der Waals surface area contributed by atoms with Crippen LogP contribution in [-0.2, 0) is 48.1 Å². The van der Waals surface area contributed by atoms with Crippen LogP contribution in [0.4, 0.5) is 0 Å². The Balaban J connectivity index is -0.00000106. The van der Waals surface area contributed by atoms with Gasteiger partial charge in [0.1, 0.15) is 0 Å². The van der Waals surface area contributed by atoms with Crippen molar-refractivity contribution in [2.45, 2.75) is 52.7 Å². The number of benzene rings is 2. The minimum Gasteiger partial charge on any atom is -1.00 e. The molecule has 0 saturated heterocycles. The lowest BCUT2D eigenvalue weighted by Gasteiger charge is -2.45. The third-order valence-corrected chi connectivity index (χ3v) is 63.5. The van der Waals surface area contributed by atoms with E-state index in [0.717, 1.165) is 24.8 Å². The third-order valence-electron chi connectivity index (χ3n) is 19.7. The molecular formula is C69H174Cl2N32O5P10Si2. The zero-order chi connectivity index (χ0) is 92.1. The van der Waals surface area contributed by atoms with Crippen molar-refractivity contribution >= 4 is 93.9 Å². The van der Waals surface area contributed by atoms with E-state index in [9.17, 15) is 0 Å². The van der Waals surface area contributed by atoms with E-state index in [1.54, 1.807) is 21.3 Å². The standard InChI is InChI=1S/C35H88N16O3P5Si.C33H82N16P5.CH4.2ClH.O2Si/c1-40(2)56(41(3)4,42(5)6)36-55(37-57(43(7)8,44(9)10)45(11)12,38-58(46(13)14,47(15)16)48(17)18)39-59(49(19)20,50(21)22)51(23)33-35-29-27-34(28-30-35)31-32-60(52-24,53-25)54-26;1-25-26-32-27-29-33(30-28-32)31-49(24)54(47(20)21,48(22)23)37-50(34-51(38(2)3,39(4)5)40(6)7,35-52(41(8)9,42(10)11)43(12)13)36-53(44(14)15,45(16)17)46(18)19;;;;1-3-2/h27-30H,31-33H2,1-26H3;27-30H,25-26,31H2,1-24H3;1H4;2*1H;/q2*+1;;;;/p-2. The summed E-state index contributed by atoms with van der Waals surface area (Å²) in [5.41, 5.74) is 4.96. The Morgan fingerprint density at radius 2 is 0.400 bits per heavy atom. The average Bonchev–Trinajstić information content (AvgIpc) is 0.725. The van der Waals surface area contributed by atoms with Crippen LogP contribution in [0.15, 0.2) is 84.7 Å². The summed E-state index contributed by atoms with van der Waals surface area (Å²) in [4.78, 5) is 0. The van der Waals surface area contributed by atoms with E-state index < -0.39 is 93.9 Å². The highest BCUT2D eigenvalue weighted by Crippen LogP contribution is 2.89. The largest absolute Gasteiger partial charge is 1.00 e. The van der Waals surface area contributed by atoms with Gasteiger partial charge in [-0.25, -0.2) is 112 Å². The van der Waals surface area contributed by atoms with E-state index in [0.29, 0.717) is 19.1 Å². The summed E-state index contributed by atoms with van der Waals surface area (Å²) in [5, 5.41) is 0. The van der Waals surface area contributed by atoms with Gasteiger partial charge in [-0.05, 0) is 395 Å². The van der Waals surface area contributed by atoms with E-state index in [1.165, 1.54) is 16.7 Å². The molecule has 51 heteroatoms. The van der Waals surface area contributed by atoms with Gasteiger partial charge in [0.05, 0.1) is 0 Å². The maximum Gasteiger partial charge on any atom is 0.549 e. The second-order valence-corrected chi connectivity index (χ2v) is 71.3.